The number of benzene rings is 1. The fraction of sp³-hybridized carbons (Fsp3) is 0.400. The standard InChI is InChI=1S/C15H19N3/c16-12-5-6-13-14(7-9-18-15(13)10-12)17-8-1-2-11-3-4-11/h5-7,9-11H,1-4,8,16H2,(H,17,18). The number of rotatable bonds is 5. The van der Waals surface area contributed by atoms with Gasteiger partial charge in [0, 0.05) is 29.5 Å². The molecular weight excluding hydrogens is 222 g/mol. The number of hydrogen-bond acceptors (Lipinski definition) is 3. The Kier molecular flexibility index (Phi) is 3.05. The number of hydrogen-bond donors (Lipinski definition) is 2. The van der Waals surface area contributed by atoms with Crippen LogP contribution in [0.15, 0.2) is 30.5 Å². The van der Waals surface area contributed by atoms with Crippen LogP contribution in [0.4, 0.5) is 11.4 Å². The van der Waals surface area contributed by atoms with Gasteiger partial charge < -0.3 is 11.1 Å². The van der Waals surface area contributed by atoms with Crippen LogP contribution in [0.1, 0.15) is 25.7 Å². The second-order valence-electron chi connectivity index (χ2n) is 5.15. The van der Waals surface area contributed by atoms with Crippen molar-refractivity contribution in [3.05, 3.63) is 30.5 Å². The van der Waals surface area contributed by atoms with E-state index in [1.807, 2.05) is 30.5 Å². The van der Waals surface area contributed by atoms with Crippen molar-refractivity contribution in [2.24, 2.45) is 5.92 Å². The summed E-state index contributed by atoms with van der Waals surface area (Å²) in [4.78, 5) is 4.35. The van der Waals surface area contributed by atoms with Crippen LogP contribution < -0.4 is 11.1 Å². The van der Waals surface area contributed by atoms with Crippen molar-refractivity contribution in [1.82, 2.24) is 4.98 Å². The molecule has 94 valence electrons. The molecule has 0 aliphatic heterocycles. The molecule has 0 atom stereocenters. The molecule has 1 aliphatic rings. The highest BCUT2D eigenvalue weighted by Gasteiger charge is 2.19. The van der Waals surface area contributed by atoms with Gasteiger partial charge in [-0.15, -0.1) is 0 Å². The summed E-state index contributed by atoms with van der Waals surface area (Å²) in [6.45, 7) is 1.04. The zero-order valence-corrected chi connectivity index (χ0v) is 10.5. The Labute approximate surface area is 107 Å². The molecular formula is C15H19N3. The fourth-order valence-corrected chi connectivity index (χ4v) is 2.34. The SMILES string of the molecule is Nc1ccc2c(NCCCC3CC3)ccnc2c1. The molecule has 1 aromatic heterocycles. The Morgan fingerprint density at radius 2 is 2.17 bits per heavy atom. The molecule has 0 bridgehead atoms. The van der Waals surface area contributed by atoms with Gasteiger partial charge in [-0.1, -0.05) is 12.8 Å². The van der Waals surface area contributed by atoms with Crippen molar-refractivity contribution >= 4 is 22.3 Å². The molecule has 1 heterocycles. The molecule has 0 unspecified atom stereocenters. The minimum Gasteiger partial charge on any atom is -0.399 e. The minimum atomic E-state index is 0.765. The third kappa shape index (κ3) is 2.55. The lowest BCUT2D eigenvalue weighted by Gasteiger charge is -2.09. The zero-order chi connectivity index (χ0) is 12.4. The molecule has 3 heteroatoms. The van der Waals surface area contributed by atoms with Crippen molar-refractivity contribution in [3.63, 3.8) is 0 Å². The van der Waals surface area contributed by atoms with E-state index < -0.39 is 0 Å². The zero-order valence-electron chi connectivity index (χ0n) is 10.5. The molecule has 3 rings (SSSR count). The van der Waals surface area contributed by atoms with Gasteiger partial charge in [-0.3, -0.25) is 4.98 Å². The Hall–Kier alpha value is -1.77. The van der Waals surface area contributed by atoms with Crippen molar-refractivity contribution in [1.29, 1.82) is 0 Å². The first kappa shape index (κ1) is 11.3. The van der Waals surface area contributed by atoms with Crippen molar-refractivity contribution in [2.45, 2.75) is 25.7 Å². The minimum absolute atomic E-state index is 0.765. The van der Waals surface area contributed by atoms with Crippen LogP contribution in [0.25, 0.3) is 10.9 Å². The van der Waals surface area contributed by atoms with Crippen LogP contribution in [0, 0.1) is 5.92 Å². The van der Waals surface area contributed by atoms with Crippen LogP contribution in [0.2, 0.25) is 0 Å². The van der Waals surface area contributed by atoms with Gasteiger partial charge in [0.05, 0.1) is 5.52 Å². The van der Waals surface area contributed by atoms with Crippen molar-refractivity contribution < 1.29 is 0 Å². The number of nitrogen functional groups attached to an aromatic ring is 1. The number of aromatic nitrogens is 1. The Bertz CT molecular complexity index is 546. The monoisotopic (exact) mass is 241 g/mol. The average molecular weight is 241 g/mol. The number of nitrogens with zero attached hydrogens (tertiary/aromatic N) is 1. The van der Waals surface area contributed by atoms with E-state index in [1.165, 1.54) is 25.7 Å². The van der Waals surface area contributed by atoms with Crippen LogP contribution in [-0.4, -0.2) is 11.5 Å². The van der Waals surface area contributed by atoms with Crippen LogP contribution >= 0.6 is 0 Å². The van der Waals surface area contributed by atoms with Gasteiger partial charge in [0.25, 0.3) is 0 Å². The van der Waals surface area contributed by atoms with E-state index in [9.17, 15) is 0 Å². The largest absolute Gasteiger partial charge is 0.399 e. The van der Waals surface area contributed by atoms with E-state index in [0.717, 1.165) is 34.7 Å². The highest BCUT2D eigenvalue weighted by Crippen LogP contribution is 2.33. The highest BCUT2D eigenvalue weighted by atomic mass is 14.9. The maximum absolute atomic E-state index is 5.78. The number of anilines is 2. The molecule has 0 saturated heterocycles. The smallest absolute Gasteiger partial charge is 0.0743 e. The lowest BCUT2D eigenvalue weighted by molar-refractivity contribution is 0.687. The van der Waals surface area contributed by atoms with Gasteiger partial charge in [0.2, 0.25) is 0 Å². The van der Waals surface area contributed by atoms with Crippen LogP contribution in [-0.2, 0) is 0 Å². The predicted molar refractivity (Wildman–Crippen MR) is 76.6 cm³/mol. The van der Waals surface area contributed by atoms with Gasteiger partial charge in [0.15, 0.2) is 0 Å². The van der Waals surface area contributed by atoms with Gasteiger partial charge in [-0.2, -0.15) is 0 Å². The first-order valence-corrected chi connectivity index (χ1v) is 6.71. The fourth-order valence-electron chi connectivity index (χ4n) is 2.34. The maximum atomic E-state index is 5.78. The number of nitrogens with one attached hydrogen (secondary N) is 1. The first-order chi connectivity index (χ1) is 8.83. The summed E-state index contributed by atoms with van der Waals surface area (Å²) in [7, 11) is 0. The highest BCUT2D eigenvalue weighted by molar-refractivity contribution is 5.92. The molecule has 0 spiro atoms. The first-order valence-electron chi connectivity index (χ1n) is 6.71. The van der Waals surface area contributed by atoms with E-state index in [2.05, 4.69) is 10.3 Å². The van der Waals surface area contributed by atoms with E-state index in [0.29, 0.717) is 0 Å². The quantitative estimate of drug-likeness (QED) is 0.623. The normalized spacial score (nSPS) is 14.9. The molecule has 3 N–H and O–H groups in total. The third-order valence-electron chi connectivity index (χ3n) is 3.57. The summed E-state index contributed by atoms with van der Waals surface area (Å²) in [5, 5.41) is 4.66. The molecule has 18 heavy (non-hydrogen) atoms. The lowest BCUT2D eigenvalue weighted by Crippen LogP contribution is -2.02. The molecule has 1 aliphatic carbocycles. The molecule has 3 nitrogen and oxygen atoms in total. The number of nitrogens with two attached hydrogens (primary N) is 1. The summed E-state index contributed by atoms with van der Waals surface area (Å²) in [6.07, 6.45) is 7.34. The molecule has 0 amide bonds. The summed E-state index contributed by atoms with van der Waals surface area (Å²) < 4.78 is 0. The van der Waals surface area contributed by atoms with Crippen molar-refractivity contribution in [3.8, 4) is 0 Å². The van der Waals surface area contributed by atoms with Gasteiger partial charge in [-0.25, -0.2) is 0 Å². The molecule has 1 saturated carbocycles. The molecule has 2 aromatic rings. The van der Waals surface area contributed by atoms with Crippen LogP contribution in [0.3, 0.4) is 0 Å². The van der Waals surface area contributed by atoms with Crippen molar-refractivity contribution in [2.75, 3.05) is 17.6 Å². The Morgan fingerprint density at radius 1 is 1.28 bits per heavy atom. The summed E-state index contributed by atoms with van der Waals surface area (Å²) in [5.41, 5.74) is 8.66. The lowest BCUT2D eigenvalue weighted by atomic mass is 10.1. The topological polar surface area (TPSA) is 50.9 Å². The maximum Gasteiger partial charge on any atom is 0.0743 e. The van der Waals surface area contributed by atoms with E-state index in [-0.39, 0.29) is 0 Å². The Balaban J connectivity index is 1.70. The summed E-state index contributed by atoms with van der Waals surface area (Å²) in [5.74, 6) is 1.01. The number of fused-ring (bicyclic) bond motifs is 1. The van der Waals surface area contributed by atoms with E-state index in [1.54, 1.807) is 0 Å². The average Bonchev–Trinajstić information content (AvgIpc) is 3.18. The molecule has 0 radical (unpaired) electrons. The predicted octanol–water partition coefficient (Wildman–Crippen LogP) is 3.42. The number of pyridine rings is 1. The van der Waals surface area contributed by atoms with E-state index in [4.69, 9.17) is 5.73 Å². The second kappa shape index (κ2) is 4.84. The summed E-state index contributed by atoms with van der Waals surface area (Å²) >= 11 is 0. The van der Waals surface area contributed by atoms with E-state index >= 15 is 0 Å². The van der Waals surface area contributed by atoms with Gasteiger partial charge in [0.1, 0.15) is 0 Å². The van der Waals surface area contributed by atoms with Gasteiger partial charge >= 0.3 is 0 Å². The molecule has 1 fully saturated rings. The summed E-state index contributed by atoms with van der Waals surface area (Å²) in [6, 6.07) is 7.93. The van der Waals surface area contributed by atoms with Gasteiger partial charge in [-0.05, 0) is 43.0 Å². The Morgan fingerprint density at radius 3 is 3.00 bits per heavy atom. The third-order valence-corrected chi connectivity index (χ3v) is 3.57. The molecule has 1 aromatic carbocycles. The second-order valence-corrected chi connectivity index (χ2v) is 5.15. The van der Waals surface area contributed by atoms with Crippen LogP contribution in [0.5, 0.6) is 0 Å².